The molecule has 0 radical (unpaired) electrons. The van der Waals surface area contributed by atoms with Gasteiger partial charge in [-0.25, -0.2) is 0 Å². The molecule has 0 heterocycles. The van der Waals surface area contributed by atoms with Gasteiger partial charge in [-0.3, -0.25) is 9.59 Å². The Morgan fingerprint density at radius 2 is 1.12 bits per heavy atom. The Bertz CT molecular complexity index is 248. The van der Waals surface area contributed by atoms with Gasteiger partial charge in [0.1, 0.15) is 0 Å². The van der Waals surface area contributed by atoms with Gasteiger partial charge in [0.2, 0.25) is 0 Å². The van der Waals surface area contributed by atoms with Crippen LogP contribution in [0.25, 0.3) is 0 Å². The first kappa shape index (κ1) is 27.8. The third kappa shape index (κ3) is 37.3. The van der Waals surface area contributed by atoms with Gasteiger partial charge < -0.3 is 9.84 Å². The molecule has 0 rings (SSSR count). The third-order valence-corrected chi connectivity index (χ3v) is 3.14. The summed E-state index contributed by atoms with van der Waals surface area (Å²) in [6.45, 7) is 11.1. The van der Waals surface area contributed by atoms with E-state index in [1.54, 1.807) is 0 Å². The average molecular weight is 347 g/mol. The van der Waals surface area contributed by atoms with Gasteiger partial charge in [0, 0.05) is 12.8 Å². The van der Waals surface area contributed by atoms with Crippen LogP contribution in [0.3, 0.4) is 0 Å². The van der Waals surface area contributed by atoms with Crippen LogP contribution in [-0.4, -0.2) is 23.7 Å². The molecule has 0 saturated heterocycles. The van der Waals surface area contributed by atoms with Crippen LogP contribution >= 0.6 is 0 Å². The fourth-order valence-corrected chi connectivity index (χ4v) is 1.71. The number of carboxylic acid groups (broad SMARTS) is 1. The SMILES string of the molecule is CCCC(=O)O.CCCCCC.CCCCCCOC(=O)CCC. The van der Waals surface area contributed by atoms with Crippen molar-refractivity contribution in [2.24, 2.45) is 0 Å². The molecule has 0 atom stereocenters. The van der Waals surface area contributed by atoms with E-state index >= 15 is 0 Å². The van der Waals surface area contributed by atoms with Crippen molar-refractivity contribution < 1.29 is 19.4 Å². The second-order valence-electron chi connectivity index (χ2n) is 5.88. The minimum Gasteiger partial charge on any atom is -0.481 e. The van der Waals surface area contributed by atoms with E-state index < -0.39 is 5.97 Å². The minimum absolute atomic E-state index is 0.0472. The Kier molecular flexibility index (Phi) is 31.0. The largest absolute Gasteiger partial charge is 0.481 e. The summed E-state index contributed by atoms with van der Waals surface area (Å²) >= 11 is 0. The van der Waals surface area contributed by atoms with Gasteiger partial charge in [-0.1, -0.05) is 79.6 Å². The summed E-state index contributed by atoms with van der Waals surface area (Å²) < 4.78 is 4.99. The molecule has 24 heavy (non-hydrogen) atoms. The highest BCUT2D eigenvalue weighted by atomic mass is 16.5. The molecule has 1 N–H and O–H groups in total. The number of hydrogen-bond acceptors (Lipinski definition) is 3. The van der Waals surface area contributed by atoms with Gasteiger partial charge >= 0.3 is 11.9 Å². The van der Waals surface area contributed by atoms with Crippen molar-refractivity contribution in [2.45, 2.75) is 112 Å². The summed E-state index contributed by atoms with van der Waals surface area (Å²) in [6, 6.07) is 0. The average Bonchev–Trinajstić information content (AvgIpc) is 2.54. The van der Waals surface area contributed by atoms with E-state index in [0.29, 0.717) is 19.4 Å². The quantitative estimate of drug-likeness (QED) is 0.329. The number of unbranched alkanes of at least 4 members (excludes halogenated alkanes) is 6. The number of carbonyl (C=O) groups is 2. The van der Waals surface area contributed by atoms with E-state index in [1.807, 2.05) is 13.8 Å². The first-order chi connectivity index (χ1) is 11.5. The Labute approximate surface area is 150 Å². The van der Waals surface area contributed by atoms with Crippen LogP contribution in [0.1, 0.15) is 112 Å². The highest BCUT2D eigenvalue weighted by Gasteiger charge is 1.98. The highest BCUT2D eigenvalue weighted by Crippen LogP contribution is 2.00. The van der Waals surface area contributed by atoms with Crippen LogP contribution in [0, 0.1) is 0 Å². The summed E-state index contributed by atoms with van der Waals surface area (Å²) in [5.41, 5.74) is 0. The molecule has 4 nitrogen and oxygen atoms in total. The maximum atomic E-state index is 10.9. The number of hydrogen-bond donors (Lipinski definition) is 1. The Morgan fingerprint density at radius 3 is 1.46 bits per heavy atom. The minimum atomic E-state index is -0.711. The predicted octanol–water partition coefficient (Wildman–Crippen LogP) is 6.37. The van der Waals surface area contributed by atoms with Crippen molar-refractivity contribution in [2.75, 3.05) is 6.61 Å². The first-order valence-electron chi connectivity index (χ1n) is 9.87. The highest BCUT2D eigenvalue weighted by molar-refractivity contribution is 5.69. The van der Waals surface area contributed by atoms with Gasteiger partial charge in [-0.05, 0) is 19.3 Å². The standard InChI is InChI=1S/C10H20O2.C6H14.C4H8O2/c1-3-5-6-7-9-12-10(11)8-4-2;1-3-5-6-4-2;1-2-3-4(5)6/h3-9H2,1-2H3;3-6H2,1-2H3;2-3H2,1H3,(H,5,6). The van der Waals surface area contributed by atoms with Crippen molar-refractivity contribution in [3.63, 3.8) is 0 Å². The lowest BCUT2D eigenvalue weighted by molar-refractivity contribution is -0.143. The van der Waals surface area contributed by atoms with E-state index in [0.717, 1.165) is 19.3 Å². The number of carbonyl (C=O) groups excluding carboxylic acids is 1. The zero-order valence-electron chi connectivity index (χ0n) is 16.9. The van der Waals surface area contributed by atoms with Gasteiger partial charge in [0.15, 0.2) is 0 Å². The molecule has 0 aromatic rings. The smallest absolute Gasteiger partial charge is 0.305 e. The van der Waals surface area contributed by atoms with E-state index in [9.17, 15) is 9.59 Å². The molecule has 0 unspecified atom stereocenters. The predicted molar refractivity (Wildman–Crippen MR) is 102 cm³/mol. The Morgan fingerprint density at radius 1 is 0.667 bits per heavy atom. The molecule has 0 saturated carbocycles. The topological polar surface area (TPSA) is 63.6 Å². The van der Waals surface area contributed by atoms with E-state index in [4.69, 9.17) is 9.84 Å². The Balaban J connectivity index is -0.000000309. The summed E-state index contributed by atoms with van der Waals surface area (Å²) in [5, 5.41) is 7.91. The molecule has 146 valence electrons. The Hall–Kier alpha value is -1.06. The normalized spacial score (nSPS) is 9.21. The third-order valence-electron chi connectivity index (χ3n) is 3.14. The lowest BCUT2D eigenvalue weighted by atomic mass is 10.2. The van der Waals surface area contributed by atoms with Gasteiger partial charge in [0.05, 0.1) is 6.61 Å². The monoisotopic (exact) mass is 346 g/mol. The molecular weight excluding hydrogens is 304 g/mol. The molecule has 0 aliphatic heterocycles. The van der Waals surface area contributed by atoms with Crippen molar-refractivity contribution in [3.8, 4) is 0 Å². The van der Waals surface area contributed by atoms with Crippen LogP contribution in [0.4, 0.5) is 0 Å². The molecule has 0 aliphatic rings. The van der Waals surface area contributed by atoms with Crippen LogP contribution in [0.5, 0.6) is 0 Å². The molecule has 4 heteroatoms. The summed E-state index contributed by atoms with van der Waals surface area (Å²) in [4.78, 5) is 20.5. The molecule has 0 aliphatic carbocycles. The lowest BCUT2D eigenvalue weighted by Gasteiger charge is -2.02. The molecule has 0 aromatic heterocycles. The second kappa shape index (κ2) is 26.8. The maximum Gasteiger partial charge on any atom is 0.305 e. The summed E-state index contributed by atoms with van der Waals surface area (Å²) in [6.07, 6.45) is 12.7. The van der Waals surface area contributed by atoms with Crippen LogP contribution in [-0.2, 0) is 14.3 Å². The fraction of sp³-hybridized carbons (Fsp3) is 0.900. The van der Waals surface area contributed by atoms with E-state index in [-0.39, 0.29) is 5.97 Å². The van der Waals surface area contributed by atoms with Crippen LogP contribution in [0.2, 0.25) is 0 Å². The molecular formula is C20H42O4. The van der Waals surface area contributed by atoms with Crippen LogP contribution < -0.4 is 0 Å². The molecule has 0 aromatic carbocycles. The number of esters is 1. The second-order valence-corrected chi connectivity index (χ2v) is 5.88. The van der Waals surface area contributed by atoms with Crippen molar-refractivity contribution in [1.29, 1.82) is 0 Å². The first-order valence-corrected chi connectivity index (χ1v) is 9.87. The zero-order valence-corrected chi connectivity index (χ0v) is 16.9. The maximum absolute atomic E-state index is 10.9. The summed E-state index contributed by atoms with van der Waals surface area (Å²) in [5.74, 6) is -0.758. The lowest BCUT2D eigenvalue weighted by Crippen LogP contribution is -2.04. The van der Waals surface area contributed by atoms with Crippen LogP contribution in [0.15, 0.2) is 0 Å². The van der Waals surface area contributed by atoms with Gasteiger partial charge in [-0.15, -0.1) is 0 Å². The van der Waals surface area contributed by atoms with Crippen molar-refractivity contribution >= 4 is 11.9 Å². The molecule has 0 amide bonds. The van der Waals surface area contributed by atoms with E-state index in [2.05, 4.69) is 20.8 Å². The number of carboxylic acids is 1. The van der Waals surface area contributed by atoms with Gasteiger partial charge in [-0.2, -0.15) is 0 Å². The number of aliphatic carboxylic acids is 1. The zero-order chi connectivity index (χ0) is 19.1. The molecule has 0 bridgehead atoms. The van der Waals surface area contributed by atoms with Gasteiger partial charge in [0.25, 0.3) is 0 Å². The number of ether oxygens (including phenoxy) is 1. The number of rotatable bonds is 12. The van der Waals surface area contributed by atoms with E-state index in [1.165, 1.54) is 44.9 Å². The summed E-state index contributed by atoms with van der Waals surface area (Å²) in [7, 11) is 0. The van der Waals surface area contributed by atoms with Crippen molar-refractivity contribution in [1.82, 2.24) is 0 Å². The molecule has 0 fully saturated rings. The van der Waals surface area contributed by atoms with Crippen molar-refractivity contribution in [3.05, 3.63) is 0 Å². The fourth-order valence-electron chi connectivity index (χ4n) is 1.71. The molecule has 0 spiro atoms.